The van der Waals surface area contributed by atoms with Crippen LogP contribution in [0.2, 0.25) is 0 Å². The van der Waals surface area contributed by atoms with Gasteiger partial charge in [0.05, 0.1) is 18.4 Å². The Hall–Kier alpha value is -2.18. The number of halogens is 3. The van der Waals surface area contributed by atoms with Gasteiger partial charge in [-0.1, -0.05) is 0 Å². The normalized spacial score (nSPS) is 11.6. The summed E-state index contributed by atoms with van der Waals surface area (Å²) in [6.45, 7) is 0. The van der Waals surface area contributed by atoms with Crippen molar-refractivity contribution in [3.63, 3.8) is 0 Å². The van der Waals surface area contributed by atoms with E-state index in [1.54, 1.807) is 0 Å². The Balaban J connectivity index is 2.52. The number of H-pyrrole nitrogens is 1. The van der Waals surface area contributed by atoms with Crippen molar-refractivity contribution in [1.29, 1.82) is 0 Å². The van der Waals surface area contributed by atoms with E-state index in [-0.39, 0.29) is 11.6 Å². The van der Waals surface area contributed by atoms with Gasteiger partial charge in [-0.15, -0.1) is 0 Å². The van der Waals surface area contributed by atoms with Crippen molar-refractivity contribution in [3.8, 4) is 17.0 Å². The highest BCUT2D eigenvalue weighted by atomic mass is 19.4. The van der Waals surface area contributed by atoms with E-state index < -0.39 is 11.7 Å². The Morgan fingerprint density at radius 1 is 1.28 bits per heavy atom. The van der Waals surface area contributed by atoms with Crippen LogP contribution in [0.15, 0.2) is 24.3 Å². The van der Waals surface area contributed by atoms with Crippen molar-refractivity contribution in [2.24, 2.45) is 0 Å². The smallest absolute Gasteiger partial charge is 0.419 e. The molecule has 0 saturated heterocycles. The number of hydrogen-bond acceptors (Lipinski definition) is 3. The van der Waals surface area contributed by atoms with Gasteiger partial charge in [-0.2, -0.15) is 18.3 Å². The average Bonchev–Trinajstić information content (AvgIpc) is 2.74. The Labute approximate surface area is 101 Å². The molecule has 0 fully saturated rings. The molecule has 0 unspecified atom stereocenters. The minimum Gasteiger partial charge on any atom is -0.496 e. The second kappa shape index (κ2) is 4.25. The monoisotopic (exact) mass is 257 g/mol. The highest BCUT2D eigenvalue weighted by molar-refractivity contribution is 5.64. The molecule has 7 heteroatoms. The molecule has 96 valence electrons. The van der Waals surface area contributed by atoms with E-state index in [1.807, 2.05) is 0 Å². The van der Waals surface area contributed by atoms with Crippen LogP contribution in [-0.4, -0.2) is 17.3 Å². The molecule has 2 aromatic rings. The first-order valence-corrected chi connectivity index (χ1v) is 4.98. The standard InChI is InChI=1S/C11H10F3N3O/c1-18-9-3-2-6(4-7(9)11(12,13)14)8-5-10(15)17-16-8/h2-5H,1H3,(H3,15,16,17). The molecule has 3 N–H and O–H groups in total. The molecule has 0 aliphatic rings. The second-order valence-electron chi connectivity index (χ2n) is 3.62. The van der Waals surface area contributed by atoms with Crippen molar-refractivity contribution in [2.75, 3.05) is 12.8 Å². The summed E-state index contributed by atoms with van der Waals surface area (Å²) in [5, 5.41) is 6.22. The number of nitrogens with two attached hydrogens (primary N) is 1. The van der Waals surface area contributed by atoms with Gasteiger partial charge in [0.15, 0.2) is 0 Å². The van der Waals surface area contributed by atoms with Gasteiger partial charge in [0, 0.05) is 11.6 Å². The molecule has 1 heterocycles. The van der Waals surface area contributed by atoms with Crippen LogP contribution < -0.4 is 10.5 Å². The summed E-state index contributed by atoms with van der Waals surface area (Å²) in [5.74, 6) is -0.00638. The van der Waals surface area contributed by atoms with E-state index in [4.69, 9.17) is 10.5 Å². The Bertz CT molecular complexity index is 563. The fraction of sp³-hybridized carbons (Fsp3) is 0.182. The zero-order chi connectivity index (χ0) is 13.3. The van der Waals surface area contributed by atoms with Crippen molar-refractivity contribution in [3.05, 3.63) is 29.8 Å². The lowest BCUT2D eigenvalue weighted by molar-refractivity contribution is -0.138. The zero-order valence-corrected chi connectivity index (χ0v) is 9.38. The molecule has 0 atom stereocenters. The van der Waals surface area contributed by atoms with Gasteiger partial charge in [-0.05, 0) is 18.2 Å². The third kappa shape index (κ3) is 2.24. The van der Waals surface area contributed by atoms with Gasteiger partial charge in [-0.25, -0.2) is 0 Å². The number of nitrogen functional groups attached to an aromatic ring is 1. The molecule has 1 aromatic carbocycles. The third-order valence-corrected chi connectivity index (χ3v) is 2.41. The zero-order valence-electron chi connectivity index (χ0n) is 9.38. The van der Waals surface area contributed by atoms with Gasteiger partial charge in [-0.3, -0.25) is 5.10 Å². The molecule has 0 spiro atoms. The van der Waals surface area contributed by atoms with Crippen molar-refractivity contribution >= 4 is 5.82 Å². The lowest BCUT2D eigenvalue weighted by Gasteiger charge is -2.12. The maximum Gasteiger partial charge on any atom is 0.419 e. The van der Waals surface area contributed by atoms with E-state index >= 15 is 0 Å². The summed E-state index contributed by atoms with van der Waals surface area (Å²) in [5.41, 5.74) is 5.33. The molecule has 0 aliphatic heterocycles. The number of aromatic amines is 1. The van der Waals surface area contributed by atoms with E-state index in [1.165, 1.54) is 25.3 Å². The van der Waals surface area contributed by atoms with E-state index in [0.717, 1.165) is 6.07 Å². The highest BCUT2D eigenvalue weighted by Crippen LogP contribution is 2.38. The van der Waals surface area contributed by atoms with Crippen molar-refractivity contribution in [1.82, 2.24) is 10.2 Å². The lowest BCUT2D eigenvalue weighted by Crippen LogP contribution is -2.07. The van der Waals surface area contributed by atoms with Crippen LogP contribution in [0.4, 0.5) is 19.0 Å². The summed E-state index contributed by atoms with van der Waals surface area (Å²) in [6.07, 6.45) is -4.48. The fourth-order valence-corrected chi connectivity index (χ4v) is 1.58. The third-order valence-electron chi connectivity index (χ3n) is 2.41. The lowest BCUT2D eigenvalue weighted by atomic mass is 10.1. The first-order chi connectivity index (χ1) is 8.41. The largest absolute Gasteiger partial charge is 0.496 e. The topological polar surface area (TPSA) is 63.9 Å². The van der Waals surface area contributed by atoms with Gasteiger partial charge >= 0.3 is 6.18 Å². The van der Waals surface area contributed by atoms with E-state index in [0.29, 0.717) is 11.3 Å². The molecule has 0 aliphatic carbocycles. The molecule has 0 saturated carbocycles. The number of nitrogens with one attached hydrogen (secondary N) is 1. The number of anilines is 1. The molecule has 0 amide bonds. The predicted molar refractivity (Wildman–Crippen MR) is 60.0 cm³/mol. The van der Waals surface area contributed by atoms with E-state index in [2.05, 4.69) is 10.2 Å². The quantitative estimate of drug-likeness (QED) is 0.869. The number of hydrogen-bond donors (Lipinski definition) is 2. The molecule has 1 aromatic heterocycles. The average molecular weight is 257 g/mol. The van der Waals surface area contributed by atoms with Crippen LogP contribution in [0.25, 0.3) is 11.3 Å². The van der Waals surface area contributed by atoms with Crippen LogP contribution in [-0.2, 0) is 6.18 Å². The van der Waals surface area contributed by atoms with Crippen molar-refractivity contribution < 1.29 is 17.9 Å². The minimum absolute atomic E-state index is 0.217. The van der Waals surface area contributed by atoms with Crippen LogP contribution in [0.5, 0.6) is 5.75 Å². The van der Waals surface area contributed by atoms with Crippen LogP contribution in [0, 0.1) is 0 Å². The van der Waals surface area contributed by atoms with Crippen LogP contribution >= 0.6 is 0 Å². The molecule has 4 nitrogen and oxygen atoms in total. The van der Waals surface area contributed by atoms with Gasteiger partial charge in [0.1, 0.15) is 11.6 Å². The number of rotatable bonds is 2. The first kappa shape index (κ1) is 12.3. The molecular formula is C11H10F3N3O. The predicted octanol–water partition coefficient (Wildman–Crippen LogP) is 2.69. The van der Waals surface area contributed by atoms with Gasteiger partial charge in [0.2, 0.25) is 0 Å². The van der Waals surface area contributed by atoms with Gasteiger partial charge in [0.25, 0.3) is 0 Å². The molecule has 2 rings (SSSR count). The van der Waals surface area contributed by atoms with Crippen molar-refractivity contribution in [2.45, 2.75) is 6.18 Å². The van der Waals surface area contributed by atoms with Crippen LogP contribution in [0.1, 0.15) is 5.56 Å². The fourth-order valence-electron chi connectivity index (χ4n) is 1.58. The molecule has 0 bridgehead atoms. The number of methoxy groups -OCH3 is 1. The van der Waals surface area contributed by atoms with E-state index in [9.17, 15) is 13.2 Å². The molecule has 18 heavy (non-hydrogen) atoms. The number of alkyl halides is 3. The number of ether oxygens (including phenoxy) is 1. The Kier molecular flexibility index (Phi) is 2.90. The highest BCUT2D eigenvalue weighted by Gasteiger charge is 2.34. The summed E-state index contributed by atoms with van der Waals surface area (Å²) >= 11 is 0. The number of aromatic nitrogens is 2. The number of nitrogens with zero attached hydrogens (tertiary/aromatic N) is 1. The molecule has 0 radical (unpaired) electrons. The SMILES string of the molecule is COc1ccc(-c2cc(N)n[nH]2)cc1C(F)(F)F. The first-order valence-electron chi connectivity index (χ1n) is 4.98. The minimum atomic E-state index is -4.48. The second-order valence-corrected chi connectivity index (χ2v) is 3.62. The summed E-state index contributed by atoms with van der Waals surface area (Å²) in [6, 6.07) is 5.21. The maximum absolute atomic E-state index is 12.8. The summed E-state index contributed by atoms with van der Waals surface area (Å²) in [7, 11) is 1.19. The summed E-state index contributed by atoms with van der Waals surface area (Å²) in [4.78, 5) is 0. The summed E-state index contributed by atoms with van der Waals surface area (Å²) < 4.78 is 43.1. The number of benzene rings is 1. The molecular weight excluding hydrogens is 247 g/mol. The van der Waals surface area contributed by atoms with Crippen LogP contribution in [0.3, 0.4) is 0 Å². The Morgan fingerprint density at radius 2 is 2.00 bits per heavy atom. The Morgan fingerprint density at radius 3 is 2.50 bits per heavy atom. The maximum atomic E-state index is 12.8. The van der Waals surface area contributed by atoms with Gasteiger partial charge < -0.3 is 10.5 Å².